The maximum absolute atomic E-state index is 12.2. The summed E-state index contributed by atoms with van der Waals surface area (Å²) in [6.07, 6.45) is 1.98. The lowest BCUT2D eigenvalue weighted by molar-refractivity contribution is 0.0951. The fraction of sp³-hybridized carbons (Fsp3) is 0.222. The number of carbonyl (C=O) groups excluding carboxylic acids is 2. The highest BCUT2D eigenvalue weighted by Crippen LogP contribution is 2.21. The van der Waals surface area contributed by atoms with Crippen LogP contribution in [0.4, 0.5) is 5.69 Å². The molecule has 23 heavy (non-hydrogen) atoms. The molecule has 0 heterocycles. The normalized spacial score (nSPS) is 10.2. The predicted octanol–water partition coefficient (Wildman–Crippen LogP) is 4.12. The number of halogens is 1. The zero-order valence-corrected chi connectivity index (χ0v) is 13.7. The summed E-state index contributed by atoms with van der Waals surface area (Å²) >= 11 is 6.02. The molecule has 0 aliphatic rings. The van der Waals surface area contributed by atoms with E-state index in [1.54, 1.807) is 48.5 Å². The number of benzene rings is 2. The highest BCUT2D eigenvalue weighted by Gasteiger charge is 2.10. The summed E-state index contributed by atoms with van der Waals surface area (Å²) in [7, 11) is 0. The third-order valence-electron chi connectivity index (χ3n) is 3.35. The Morgan fingerprint density at radius 2 is 1.57 bits per heavy atom. The summed E-state index contributed by atoms with van der Waals surface area (Å²) in [5.74, 6) is -0.396. The minimum absolute atomic E-state index is 0.128. The molecule has 0 atom stereocenters. The van der Waals surface area contributed by atoms with E-state index in [1.165, 1.54) is 0 Å². The maximum atomic E-state index is 12.2. The van der Waals surface area contributed by atoms with E-state index in [9.17, 15) is 9.59 Å². The maximum Gasteiger partial charge on any atom is 0.255 e. The molecule has 0 aliphatic carbocycles. The first-order valence-corrected chi connectivity index (χ1v) is 7.93. The average molecular weight is 331 g/mol. The van der Waals surface area contributed by atoms with Gasteiger partial charge in [0.25, 0.3) is 11.8 Å². The van der Waals surface area contributed by atoms with Crippen molar-refractivity contribution < 1.29 is 9.59 Å². The Labute approximate surface area is 140 Å². The molecule has 0 spiro atoms. The van der Waals surface area contributed by atoms with Crippen LogP contribution in [-0.2, 0) is 0 Å². The van der Waals surface area contributed by atoms with Crippen LogP contribution in [0.1, 0.15) is 40.5 Å². The Hall–Kier alpha value is -2.33. The van der Waals surface area contributed by atoms with Gasteiger partial charge in [-0.3, -0.25) is 9.59 Å². The summed E-state index contributed by atoms with van der Waals surface area (Å²) < 4.78 is 0. The second kappa shape index (κ2) is 8.34. The van der Waals surface area contributed by atoms with Crippen LogP contribution in [0, 0.1) is 0 Å². The third-order valence-corrected chi connectivity index (χ3v) is 3.68. The number of unbranched alkanes of at least 4 members (excludes halogenated alkanes) is 1. The summed E-state index contributed by atoms with van der Waals surface area (Å²) in [6, 6.07) is 13.6. The van der Waals surface area contributed by atoms with Gasteiger partial charge in [0.1, 0.15) is 0 Å². The third kappa shape index (κ3) is 4.83. The molecule has 0 aromatic heterocycles. The van der Waals surface area contributed by atoms with Crippen molar-refractivity contribution in [1.82, 2.24) is 5.32 Å². The van der Waals surface area contributed by atoms with E-state index in [1.807, 2.05) is 0 Å². The molecule has 4 nitrogen and oxygen atoms in total. The van der Waals surface area contributed by atoms with Crippen molar-refractivity contribution in [2.75, 3.05) is 11.9 Å². The van der Waals surface area contributed by atoms with Crippen LogP contribution < -0.4 is 10.6 Å². The van der Waals surface area contributed by atoms with Crippen LogP contribution in [-0.4, -0.2) is 18.4 Å². The van der Waals surface area contributed by atoms with E-state index in [0.29, 0.717) is 28.4 Å². The standard InChI is InChI=1S/C18H19ClN2O2/c1-2-3-12-20-17(22)13-8-10-14(11-9-13)18(23)21-16-7-5-4-6-15(16)19/h4-11H,2-3,12H2,1H3,(H,20,22)(H,21,23). The number of carbonyl (C=O) groups is 2. The van der Waals surface area contributed by atoms with Crippen LogP contribution in [0.2, 0.25) is 5.02 Å². The number of anilines is 1. The molecule has 0 saturated heterocycles. The van der Waals surface area contributed by atoms with Crippen molar-refractivity contribution in [1.29, 1.82) is 0 Å². The van der Waals surface area contributed by atoms with Crippen LogP contribution >= 0.6 is 11.6 Å². The SMILES string of the molecule is CCCCNC(=O)c1ccc(C(=O)Nc2ccccc2Cl)cc1. The van der Waals surface area contributed by atoms with Gasteiger partial charge in [0.15, 0.2) is 0 Å². The summed E-state index contributed by atoms with van der Waals surface area (Å²) in [4.78, 5) is 24.1. The quantitative estimate of drug-likeness (QED) is 0.783. The van der Waals surface area contributed by atoms with Gasteiger partial charge in [-0.15, -0.1) is 0 Å². The molecule has 0 bridgehead atoms. The van der Waals surface area contributed by atoms with Gasteiger partial charge in [0, 0.05) is 17.7 Å². The lowest BCUT2D eigenvalue weighted by Crippen LogP contribution is -2.24. The van der Waals surface area contributed by atoms with E-state index in [0.717, 1.165) is 12.8 Å². The molecule has 120 valence electrons. The zero-order chi connectivity index (χ0) is 16.7. The lowest BCUT2D eigenvalue weighted by atomic mass is 10.1. The van der Waals surface area contributed by atoms with Gasteiger partial charge in [-0.1, -0.05) is 37.1 Å². The molecule has 2 N–H and O–H groups in total. The van der Waals surface area contributed by atoms with Gasteiger partial charge in [-0.25, -0.2) is 0 Å². The van der Waals surface area contributed by atoms with Crippen molar-refractivity contribution in [3.05, 3.63) is 64.7 Å². The number of nitrogens with one attached hydrogen (secondary N) is 2. The first-order valence-electron chi connectivity index (χ1n) is 7.56. The molecule has 2 rings (SSSR count). The molecular formula is C18H19ClN2O2. The smallest absolute Gasteiger partial charge is 0.255 e. The molecule has 0 unspecified atom stereocenters. The Morgan fingerprint density at radius 1 is 0.957 bits per heavy atom. The number of amides is 2. The Balaban J connectivity index is 2.00. The topological polar surface area (TPSA) is 58.2 Å². The van der Waals surface area contributed by atoms with E-state index < -0.39 is 0 Å². The highest BCUT2D eigenvalue weighted by molar-refractivity contribution is 6.33. The minimum Gasteiger partial charge on any atom is -0.352 e. The van der Waals surface area contributed by atoms with Crippen LogP contribution in [0.25, 0.3) is 0 Å². The zero-order valence-electron chi connectivity index (χ0n) is 12.9. The fourth-order valence-electron chi connectivity index (χ4n) is 2.01. The minimum atomic E-state index is -0.268. The van der Waals surface area contributed by atoms with Gasteiger partial charge >= 0.3 is 0 Å². The molecule has 5 heteroatoms. The summed E-state index contributed by atoms with van der Waals surface area (Å²) in [6.45, 7) is 2.72. The predicted molar refractivity (Wildman–Crippen MR) is 93.1 cm³/mol. The van der Waals surface area contributed by atoms with Crippen LogP contribution in [0.3, 0.4) is 0 Å². The van der Waals surface area contributed by atoms with Gasteiger partial charge in [-0.05, 0) is 42.8 Å². The van der Waals surface area contributed by atoms with Gasteiger partial charge in [0.2, 0.25) is 0 Å². The number of rotatable bonds is 6. The lowest BCUT2D eigenvalue weighted by Gasteiger charge is -2.08. The number of hydrogen-bond acceptors (Lipinski definition) is 2. The molecule has 2 amide bonds. The molecular weight excluding hydrogens is 312 g/mol. The fourth-order valence-corrected chi connectivity index (χ4v) is 2.19. The van der Waals surface area contributed by atoms with E-state index in [-0.39, 0.29) is 11.8 Å². The monoisotopic (exact) mass is 330 g/mol. The molecule has 2 aromatic rings. The van der Waals surface area contributed by atoms with Crippen LogP contribution in [0.15, 0.2) is 48.5 Å². The van der Waals surface area contributed by atoms with Crippen LogP contribution in [0.5, 0.6) is 0 Å². The summed E-state index contributed by atoms with van der Waals surface area (Å²) in [5.41, 5.74) is 1.56. The molecule has 0 radical (unpaired) electrons. The second-order valence-corrected chi connectivity index (χ2v) is 5.53. The second-order valence-electron chi connectivity index (χ2n) is 5.12. The first-order chi connectivity index (χ1) is 11.1. The molecule has 2 aromatic carbocycles. The largest absolute Gasteiger partial charge is 0.352 e. The molecule has 0 aliphatic heterocycles. The average Bonchev–Trinajstić information content (AvgIpc) is 2.57. The van der Waals surface area contributed by atoms with Crippen molar-refractivity contribution in [3.63, 3.8) is 0 Å². The van der Waals surface area contributed by atoms with E-state index >= 15 is 0 Å². The van der Waals surface area contributed by atoms with Crippen molar-refractivity contribution in [2.24, 2.45) is 0 Å². The molecule has 0 fully saturated rings. The van der Waals surface area contributed by atoms with Crippen molar-refractivity contribution in [3.8, 4) is 0 Å². The van der Waals surface area contributed by atoms with Gasteiger partial charge in [0.05, 0.1) is 10.7 Å². The number of hydrogen-bond donors (Lipinski definition) is 2. The van der Waals surface area contributed by atoms with Crippen molar-refractivity contribution in [2.45, 2.75) is 19.8 Å². The van der Waals surface area contributed by atoms with E-state index in [4.69, 9.17) is 11.6 Å². The highest BCUT2D eigenvalue weighted by atomic mass is 35.5. The van der Waals surface area contributed by atoms with Gasteiger partial charge in [-0.2, -0.15) is 0 Å². The first kappa shape index (κ1) is 17.0. The summed E-state index contributed by atoms with van der Waals surface area (Å²) in [5, 5.41) is 6.06. The van der Waals surface area contributed by atoms with Gasteiger partial charge < -0.3 is 10.6 Å². The Bertz CT molecular complexity index is 684. The van der Waals surface area contributed by atoms with Crippen molar-refractivity contribution >= 4 is 29.1 Å². The Morgan fingerprint density at radius 3 is 2.17 bits per heavy atom. The molecule has 0 saturated carbocycles. The number of para-hydroxylation sites is 1. The Kier molecular flexibility index (Phi) is 6.18. The van der Waals surface area contributed by atoms with E-state index in [2.05, 4.69) is 17.6 Å².